The molecular weight excluding hydrogens is 244 g/mol. The number of rotatable bonds is 6. The molecule has 0 saturated carbocycles. The molecule has 0 aliphatic heterocycles. The standard InChI is InChI=1S/C14H20N2O3/c1-5-6-7-8-13(18)19-9-12(17)16-14(4,10-15)11(2)3/h5-8,11H,9H2,1-4H3,(H,16,17)/b6-5+,8-7+/t14-/m0/s1. The van der Waals surface area contributed by atoms with Gasteiger partial charge in [0.15, 0.2) is 6.61 Å². The maximum absolute atomic E-state index is 11.6. The lowest BCUT2D eigenvalue weighted by Gasteiger charge is -2.27. The summed E-state index contributed by atoms with van der Waals surface area (Å²) in [7, 11) is 0. The number of esters is 1. The van der Waals surface area contributed by atoms with Crippen molar-refractivity contribution in [2.24, 2.45) is 5.92 Å². The van der Waals surface area contributed by atoms with E-state index in [-0.39, 0.29) is 5.92 Å². The molecule has 0 aromatic heterocycles. The molecule has 0 aliphatic rings. The van der Waals surface area contributed by atoms with Crippen LogP contribution < -0.4 is 5.32 Å². The Labute approximate surface area is 113 Å². The molecular formula is C14H20N2O3. The Morgan fingerprint density at radius 1 is 1.42 bits per heavy atom. The number of carbonyl (C=O) groups excluding carboxylic acids is 2. The van der Waals surface area contributed by atoms with Gasteiger partial charge in [-0.3, -0.25) is 4.79 Å². The minimum atomic E-state index is -0.968. The summed E-state index contributed by atoms with van der Waals surface area (Å²) >= 11 is 0. The van der Waals surface area contributed by atoms with Crippen molar-refractivity contribution in [2.75, 3.05) is 6.61 Å². The highest BCUT2D eigenvalue weighted by molar-refractivity contribution is 5.86. The molecule has 0 fully saturated rings. The van der Waals surface area contributed by atoms with Gasteiger partial charge in [-0.15, -0.1) is 0 Å². The van der Waals surface area contributed by atoms with E-state index < -0.39 is 24.0 Å². The molecule has 5 nitrogen and oxygen atoms in total. The zero-order chi connectivity index (χ0) is 14.9. The van der Waals surface area contributed by atoms with E-state index in [0.717, 1.165) is 0 Å². The summed E-state index contributed by atoms with van der Waals surface area (Å²) < 4.78 is 4.74. The number of carbonyl (C=O) groups is 2. The van der Waals surface area contributed by atoms with Gasteiger partial charge in [0.25, 0.3) is 5.91 Å². The van der Waals surface area contributed by atoms with Crippen molar-refractivity contribution in [3.8, 4) is 6.07 Å². The summed E-state index contributed by atoms with van der Waals surface area (Å²) in [6.45, 7) is 6.70. The molecule has 0 heterocycles. The molecule has 19 heavy (non-hydrogen) atoms. The van der Waals surface area contributed by atoms with E-state index in [1.807, 2.05) is 26.8 Å². The molecule has 0 unspecified atom stereocenters. The number of ether oxygens (including phenoxy) is 1. The molecule has 5 heteroatoms. The molecule has 0 aromatic carbocycles. The maximum Gasteiger partial charge on any atom is 0.331 e. The van der Waals surface area contributed by atoms with Crippen molar-refractivity contribution in [1.29, 1.82) is 5.26 Å². The number of allylic oxidation sites excluding steroid dienone is 3. The van der Waals surface area contributed by atoms with Gasteiger partial charge in [-0.05, 0) is 19.8 Å². The quantitative estimate of drug-likeness (QED) is 0.450. The van der Waals surface area contributed by atoms with Crippen LogP contribution in [0.25, 0.3) is 0 Å². The largest absolute Gasteiger partial charge is 0.452 e. The van der Waals surface area contributed by atoms with Crippen LogP contribution in [0, 0.1) is 17.2 Å². The summed E-state index contributed by atoms with van der Waals surface area (Å²) in [4.78, 5) is 22.8. The van der Waals surface area contributed by atoms with Gasteiger partial charge in [-0.1, -0.05) is 32.1 Å². The first-order chi connectivity index (χ1) is 8.85. The minimum absolute atomic E-state index is 0.0493. The Balaban J connectivity index is 4.27. The van der Waals surface area contributed by atoms with Crippen molar-refractivity contribution in [3.05, 3.63) is 24.3 Å². The number of hydrogen-bond donors (Lipinski definition) is 1. The van der Waals surface area contributed by atoms with E-state index in [9.17, 15) is 9.59 Å². The van der Waals surface area contributed by atoms with Crippen LogP contribution in [0.5, 0.6) is 0 Å². The number of amides is 1. The Morgan fingerprint density at radius 2 is 2.05 bits per heavy atom. The fourth-order valence-electron chi connectivity index (χ4n) is 1.06. The highest BCUT2D eigenvalue weighted by atomic mass is 16.5. The molecule has 0 rings (SSSR count). The molecule has 0 spiro atoms. The molecule has 1 N–H and O–H groups in total. The van der Waals surface area contributed by atoms with Crippen LogP contribution in [0.15, 0.2) is 24.3 Å². The Kier molecular flexibility index (Phi) is 7.20. The molecule has 1 amide bonds. The molecule has 0 radical (unpaired) electrons. The van der Waals surface area contributed by atoms with Crippen LogP contribution in [0.4, 0.5) is 0 Å². The lowest BCUT2D eigenvalue weighted by Crippen LogP contribution is -2.50. The third kappa shape index (κ3) is 6.41. The summed E-state index contributed by atoms with van der Waals surface area (Å²) in [5.74, 6) is -1.14. The fraction of sp³-hybridized carbons (Fsp3) is 0.500. The van der Waals surface area contributed by atoms with Crippen molar-refractivity contribution >= 4 is 11.9 Å². The van der Waals surface area contributed by atoms with Crippen molar-refractivity contribution in [3.63, 3.8) is 0 Å². The maximum atomic E-state index is 11.6. The van der Waals surface area contributed by atoms with Crippen LogP contribution in [0.1, 0.15) is 27.7 Å². The van der Waals surface area contributed by atoms with Gasteiger partial charge in [-0.2, -0.15) is 5.26 Å². The topological polar surface area (TPSA) is 79.2 Å². The molecule has 0 saturated heterocycles. The third-order valence-electron chi connectivity index (χ3n) is 2.67. The van der Waals surface area contributed by atoms with Gasteiger partial charge in [0.05, 0.1) is 6.07 Å². The minimum Gasteiger partial charge on any atom is -0.452 e. The number of nitrogens with one attached hydrogen (secondary N) is 1. The van der Waals surface area contributed by atoms with Crippen LogP contribution in [-0.2, 0) is 14.3 Å². The molecule has 0 bridgehead atoms. The smallest absolute Gasteiger partial charge is 0.331 e. The SMILES string of the molecule is C/C=C/C=C/C(=O)OCC(=O)N[C@@](C)(C#N)C(C)C. The van der Waals surface area contributed by atoms with Gasteiger partial charge in [0, 0.05) is 6.08 Å². The van der Waals surface area contributed by atoms with Gasteiger partial charge >= 0.3 is 5.97 Å². The average Bonchev–Trinajstić information content (AvgIpc) is 2.36. The van der Waals surface area contributed by atoms with Crippen molar-refractivity contribution in [1.82, 2.24) is 5.32 Å². The first kappa shape index (κ1) is 16.9. The summed E-state index contributed by atoms with van der Waals surface area (Å²) in [5, 5.41) is 11.6. The first-order valence-corrected chi connectivity index (χ1v) is 6.04. The zero-order valence-corrected chi connectivity index (χ0v) is 11.8. The van der Waals surface area contributed by atoms with E-state index in [4.69, 9.17) is 10.00 Å². The predicted octanol–water partition coefficient (Wildman–Crippen LogP) is 1.72. The molecule has 104 valence electrons. The number of hydrogen-bond acceptors (Lipinski definition) is 4. The fourth-order valence-corrected chi connectivity index (χ4v) is 1.06. The van der Waals surface area contributed by atoms with Gasteiger partial charge in [0.2, 0.25) is 0 Å². The third-order valence-corrected chi connectivity index (χ3v) is 2.67. The summed E-state index contributed by atoms with van der Waals surface area (Å²) in [6.07, 6.45) is 6.18. The van der Waals surface area contributed by atoms with E-state index in [1.165, 1.54) is 12.2 Å². The van der Waals surface area contributed by atoms with Gasteiger partial charge in [0.1, 0.15) is 5.54 Å². The molecule has 0 aliphatic carbocycles. The second-order valence-corrected chi connectivity index (χ2v) is 4.51. The van der Waals surface area contributed by atoms with E-state index >= 15 is 0 Å². The van der Waals surface area contributed by atoms with Crippen molar-refractivity contribution in [2.45, 2.75) is 33.2 Å². The van der Waals surface area contributed by atoms with Gasteiger partial charge < -0.3 is 10.1 Å². The molecule has 0 aromatic rings. The van der Waals surface area contributed by atoms with Gasteiger partial charge in [-0.25, -0.2) is 4.79 Å². The van der Waals surface area contributed by atoms with E-state index in [2.05, 4.69) is 5.32 Å². The Morgan fingerprint density at radius 3 is 2.53 bits per heavy atom. The highest BCUT2D eigenvalue weighted by Crippen LogP contribution is 2.14. The number of nitriles is 1. The monoisotopic (exact) mass is 264 g/mol. The average molecular weight is 264 g/mol. The Hall–Kier alpha value is -2.09. The lowest BCUT2D eigenvalue weighted by molar-refractivity contribution is -0.144. The first-order valence-electron chi connectivity index (χ1n) is 6.04. The lowest BCUT2D eigenvalue weighted by atomic mass is 9.90. The summed E-state index contributed by atoms with van der Waals surface area (Å²) in [5.41, 5.74) is -0.968. The normalized spacial score (nSPS) is 14.3. The second-order valence-electron chi connectivity index (χ2n) is 4.51. The zero-order valence-electron chi connectivity index (χ0n) is 11.8. The molecule has 1 atom stereocenters. The second kappa shape index (κ2) is 8.09. The Bertz CT molecular complexity index is 419. The van der Waals surface area contributed by atoms with E-state index in [1.54, 1.807) is 19.1 Å². The van der Waals surface area contributed by atoms with Crippen LogP contribution in [0.2, 0.25) is 0 Å². The summed E-state index contributed by atoms with van der Waals surface area (Å²) in [6, 6.07) is 2.04. The van der Waals surface area contributed by atoms with Crippen LogP contribution in [0.3, 0.4) is 0 Å². The van der Waals surface area contributed by atoms with E-state index in [0.29, 0.717) is 0 Å². The highest BCUT2D eigenvalue weighted by Gasteiger charge is 2.30. The predicted molar refractivity (Wildman–Crippen MR) is 71.9 cm³/mol. The van der Waals surface area contributed by atoms with Crippen LogP contribution in [-0.4, -0.2) is 24.0 Å². The van der Waals surface area contributed by atoms with Crippen molar-refractivity contribution < 1.29 is 14.3 Å². The number of nitrogens with zero attached hydrogens (tertiary/aromatic N) is 1. The van der Waals surface area contributed by atoms with Crippen LogP contribution >= 0.6 is 0 Å².